The van der Waals surface area contributed by atoms with Gasteiger partial charge in [-0.15, -0.1) is 0 Å². The van der Waals surface area contributed by atoms with E-state index < -0.39 is 5.97 Å². The van der Waals surface area contributed by atoms with Gasteiger partial charge in [-0.25, -0.2) is 4.79 Å². The third-order valence-corrected chi connectivity index (χ3v) is 2.01. The van der Waals surface area contributed by atoms with Crippen LogP contribution in [0.25, 0.3) is 0 Å². The molecule has 0 aliphatic rings. The summed E-state index contributed by atoms with van der Waals surface area (Å²) in [6, 6.07) is 5.13. The second kappa shape index (κ2) is 5.36. The minimum atomic E-state index is -0.975. The third-order valence-electron chi connectivity index (χ3n) is 2.01. The summed E-state index contributed by atoms with van der Waals surface area (Å²) < 4.78 is 5.22. The van der Waals surface area contributed by atoms with E-state index in [1.54, 1.807) is 12.1 Å². The van der Waals surface area contributed by atoms with E-state index in [2.05, 4.69) is 0 Å². The lowest BCUT2D eigenvalue weighted by molar-refractivity contribution is 0.0692. The molecule has 0 aliphatic heterocycles. The first-order valence-electron chi connectivity index (χ1n) is 4.88. The van der Waals surface area contributed by atoms with Crippen molar-refractivity contribution in [2.75, 3.05) is 13.2 Å². The van der Waals surface area contributed by atoms with E-state index in [0.717, 1.165) is 5.56 Å². The molecule has 4 nitrogen and oxygen atoms in total. The first kappa shape index (κ1) is 11.5. The van der Waals surface area contributed by atoms with E-state index in [1.807, 2.05) is 13.0 Å². The molecule has 82 valence electrons. The molecule has 0 fully saturated rings. The van der Waals surface area contributed by atoms with Gasteiger partial charge in [0.2, 0.25) is 0 Å². The Balaban J connectivity index is 3.03. The summed E-state index contributed by atoms with van der Waals surface area (Å²) in [4.78, 5) is 10.9. The Morgan fingerprint density at radius 3 is 2.80 bits per heavy atom. The SMILES string of the molecule is CCOc1ccc(CCN)cc1C(=O)O. The molecule has 1 aromatic rings. The van der Waals surface area contributed by atoms with Gasteiger partial charge in [-0.1, -0.05) is 6.07 Å². The zero-order valence-corrected chi connectivity index (χ0v) is 8.69. The number of carboxylic acids is 1. The Morgan fingerprint density at radius 2 is 2.27 bits per heavy atom. The molecule has 0 saturated heterocycles. The number of aromatic carboxylic acids is 1. The molecule has 0 unspecified atom stereocenters. The molecule has 3 N–H and O–H groups in total. The van der Waals surface area contributed by atoms with Crippen LogP contribution >= 0.6 is 0 Å². The average molecular weight is 209 g/mol. The zero-order valence-electron chi connectivity index (χ0n) is 8.69. The fraction of sp³-hybridized carbons (Fsp3) is 0.364. The van der Waals surface area contributed by atoms with Crippen LogP contribution in [0.3, 0.4) is 0 Å². The number of rotatable bonds is 5. The predicted molar refractivity (Wildman–Crippen MR) is 57.3 cm³/mol. The Morgan fingerprint density at radius 1 is 1.53 bits per heavy atom. The maximum atomic E-state index is 10.9. The van der Waals surface area contributed by atoms with Crippen LogP contribution in [0.4, 0.5) is 0 Å². The van der Waals surface area contributed by atoms with Crippen LogP contribution in [0.5, 0.6) is 5.75 Å². The summed E-state index contributed by atoms with van der Waals surface area (Å²) >= 11 is 0. The lowest BCUT2D eigenvalue weighted by Crippen LogP contribution is -2.06. The molecular formula is C11H15NO3. The fourth-order valence-electron chi connectivity index (χ4n) is 1.35. The maximum Gasteiger partial charge on any atom is 0.339 e. The minimum Gasteiger partial charge on any atom is -0.493 e. The molecule has 4 heteroatoms. The molecule has 0 radical (unpaired) electrons. The Kier molecular flexibility index (Phi) is 4.12. The second-order valence-electron chi connectivity index (χ2n) is 3.11. The molecule has 1 aromatic carbocycles. The molecule has 1 rings (SSSR count). The lowest BCUT2D eigenvalue weighted by Gasteiger charge is -2.08. The van der Waals surface area contributed by atoms with E-state index >= 15 is 0 Å². The van der Waals surface area contributed by atoms with Crippen molar-refractivity contribution in [3.8, 4) is 5.75 Å². The molecule has 0 aromatic heterocycles. The highest BCUT2D eigenvalue weighted by Gasteiger charge is 2.11. The van der Waals surface area contributed by atoms with Gasteiger partial charge in [0.15, 0.2) is 0 Å². The maximum absolute atomic E-state index is 10.9. The van der Waals surface area contributed by atoms with Crippen molar-refractivity contribution in [1.29, 1.82) is 0 Å². The van der Waals surface area contributed by atoms with Gasteiger partial charge in [0.1, 0.15) is 11.3 Å². The van der Waals surface area contributed by atoms with Gasteiger partial charge >= 0.3 is 5.97 Å². The molecule has 0 amide bonds. The van der Waals surface area contributed by atoms with Crippen molar-refractivity contribution in [2.45, 2.75) is 13.3 Å². The molecule has 0 saturated carbocycles. The standard InChI is InChI=1S/C11H15NO3/c1-2-15-10-4-3-8(5-6-12)7-9(10)11(13)14/h3-4,7H,2,5-6,12H2,1H3,(H,13,14). The largest absolute Gasteiger partial charge is 0.493 e. The van der Waals surface area contributed by atoms with E-state index in [-0.39, 0.29) is 5.56 Å². The summed E-state index contributed by atoms with van der Waals surface area (Å²) in [7, 11) is 0. The molecule has 0 atom stereocenters. The van der Waals surface area contributed by atoms with Crippen LogP contribution < -0.4 is 10.5 Å². The molecular weight excluding hydrogens is 194 g/mol. The monoisotopic (exact) mass is 209 g/mol. The zero-order chi connectivity index (χ0) is 11.3. The summed E-state index contributed by atoms with van der Waals surface area (Å²) in [5.74, 6) is -0.567. The molecule has 0 spiro atoms. The topological polar surface area (TPSA) is 72.5 Å². The lowest BCUT2D eigenvalue weighted by atomic mass is 10.1. The van der Waals surface area contributed by atoms with Crippen LogP contribution in [-0.2, 0) is 6.42 Å². The minimum absolute atomic E-state index is 0.197. The Labute approximate surface area is 88.7 Å². The van der Waals surface area contributed by atoms with E-state index in [0.29, 0.717) is 25.3 Å². The van der Waals surface area contributed by atoms with Gasteiger partial charge < -0.3 is 15.6 Å². The van der Waals surface area contributed by atoms with Gasteiger partial charge in [0.05, 0.1) is 6.61 Å². The quantitative estimate of drug-likeness (QED) is 0.766. The first-order chi connectivity index (χ1) is 7.19. The summed E-state index contributed by atoms with van der Waals surface area (Å²) in [6.45, 7) is 2.78. The van der Waals surface area contributed by atoms with E-state index in [9.17, 15) is 4.79 Å². The second-order valence-corrected chi connectivity index (χ2v) is 3.11. The molecule has 0 aliphatic carbocycles. The number of hydrogen-bond donors (Lipinski definition) is 2. The normalized spacial score (nSPS) is 10.0. The molecule has 0 bridgehead atoms. The first-order valence-corrected chi connectivity index (χ1v) is 4.88. The van der Waals surface area contributed by atoms with Gasteiger partial charge in [-0.05, 0) is 37.6 Å². The van der Waals surface area contributed by atoms with Crippen LogP contribution in [0.15, 0.2) is 18.2 Å². The van der Waals surface area contributed by atoms with Crippen molar-refractivity contribution >= 4 is 5.97 Å². The van der Waals surface area contributed by atoms with Crippen LogP contribution in [0.1, 0.15) is 22.8 Å². The van der Waals surface area contributed by atoms with Crippen molar-refractivity contribution < 1.29 is 14.6 Å². The average Bonchev–Trinajstić information content (AvgIpc) is 2.21. The van der Waals surface area contributed by atoms with Crippen LogP contribution in [-0.4, -0.2) is 24.2 Å². The summed E-state index contributed by atoms with van der Waals surface area (Å²) in [6.07, 6.45) is 0.673. The number of carbonyl (C=O) groups is 1. The summed E-state index contributed by atoms with van der Waals surface area (Å²) in [5, 5.41) is 8.97. The predicted octanol–water partition coefficient (Wildman–Crippen LogP) is 1.28. The number of benzene rings is 1. The Bertz CT molecular complexity index is 350. The number of hydrogen-bond acceptors (Lipinski definition) is 3. The molecule has 0 heterocycles. The fourth-order valence-corrected chi connectivity index (χ4v) is 1.35. The van der Waals surface area contributed by atoms with Crippen molar-refractivity contribution in [3.63, 3.8) is 0 Å². The Hall–Kier alpha value is -1.55. The van der Waals surface area contributed by atoms with Crippen molar-refractivity contribution in [1.82, 2.24) is 0 Å². The summed E-state index contributed by atoms with van der Waals surface area (Å²) in [5.41, 5.74) is 6.52. The third kappa shape index (κ3) is 2.95. The van der Waals surface area contributed by atoms with E-state index in [1.165, 1.54) is 0 Å². The number of carboxylic acid groups (broad SMARTS) is 1. The smallest absolute Gasteiger partial charge is 0.339 e. The highest BCUT2D eigenvalue weighted by molar-refractivity contribution is 5.91. The van der Waals surface area contributed by atoms with Gasteiger partial charge in [0, 0.05) is 0 Å². The van der Waals surface area contributed by atoms with Crippen LogP contribution in [0.2, 0.25) is 0 Å². The van der Waals surface area contributed by atoms with Crippen molar-refractivity contribution in [2.24, 2.45) is 5.73 Å². The number of ether oxygens (including phenoxy) is 1. The van der Waals surface area contributed by atoms with E-state index in [4.69, 9.17) is 15.6 Å². The van der Waals surface area contributed by atoms with Gasteiger partial charge in [-0.2, -0.15) is 0 Å². The van der Waals surface area contributed by atoms with Gasteiger partial charge in [0.25, 0.3) is 0 Å². The van der Waals surface area contributed by atoms with Gasteiger partial charge in [-0.3, -0.25) is 0 Å². The highest BCUT2D eigenvalue weighted by Crippen LogP contribution is 2.20. The van der Waals surface area contributed by atoms with Crippen LogP contribution in [0, 0.1) is 0 Å². The van der Waals surface area contributed by atoms with Crippen molar-refractivity contribution in [3.05, 3.63) is 29.3 Å². The number of nitrogens with two attached hydrogens (primary N) is 1. The highest BCUT2D eigenvalue weighted by atomic mass is 16.5. The molecule has 15 heavy (non-hydrogen) atoms.